The number of thioether (sulfide) groups is 1. The highest BCUT2D eigenvalue weighted by molar-refractivity contribution is 9.09. The lowest BCUT2D eigenvalue weighted by Gasteiger charge is -2.11. The molecule has 0 spiro atoms. The van der Waals surface area contributed by atoms with Crippen molar-refractivity contribution in [1.29, 1.82) is 0 Å². The molecular weight excluding hydrogens is 232 g/mol. The van der Waals surface area contributed by atoms with Crippen molar-refractivity contribution in [3.05, 3.63) is 0 Å². The molecule has 0 aromatic carbocycles. The van der Waals surface area contributed by atoms with Gasteiger partial charge in [-0.2, -0.15) is 11.8 Å². The Labute approximate surface area is 90.0 Å². The summed E-state index contributed by atoms with van der Waals surface area (Å²) in [5.74, 6) is 3.60. The van der Waals surface area contributed by atoms with Crippen LogP contribution < -0.4 is 0 Å². The smallest absolute Gasteiger partial charge is 0.00675 e. The summed E-state index contributed by atoms with van der Waals surface area (Å²) in [5.41, 5.74) is 0. The Hall–Kier alpha value is 0.830. The van der Waals surface area contributed by atoms with Gasteiger partial charge in [0.2, 0.25) is 0 Å². The Morgan fingerprint density at radius 1 is 1.25 bits per heavy atom. The van der Waals surface area contributed by atoms with E-state index in [4.69, 9.17) is 0 Å². The Morgan fingerprint density at radius 3 is 2.50 bits per heavy atom. The lowest BCUT2D eigenvalue weighted by atomic mass is 10.1. The third-order valence-corrected chi connectivity index (χ3v) is 4.11. The van der Waals surface area contributed by atoms with Gasteiger partial charge in [0.25, 0.3) is 0 Å². The van der Waals surface area contributed by atoms with Crippen LogP contribution in [0.2, 0.25) is 0 Å². The summed E-state index contributed by atoms with van der Waals surface area (Å²) < 4.78 is 0. The largest absolute Gasteiger partial charge is 0.162 e. The number of halogens is 1. The Balaban J connectivity index is 3.19. The van der Waals surface area contributed by atoms with Crippen LogP contribution in [-0.4, -0.2) is 16.8 Å². The Morgan fingerprint density at radius 2 is 2.00 bits per heavy atom. The van der Waals surface area contributed by atoms with Gasteiger partial charge in [-0.1, -0.05) is 42.6 Å². The number of hydrogen-bond acceptors (Lipinski definition) is 1. The van der Waals surface area contributed by atoms with E-state index in [9.17, 15) is 0 Å². The van der Waals surface area contributed by atoms with E-state index < -0.39 is 0 Å². The van der Waals surface area contributed by atoms with Gasteiger partial charge in [0.15, 0.2) is 0 Å². The summed E-state index contributed by atoms with van der Waals surface area (Å²) in [4.78, 5) is 0. The minimum atomic E-state index is 0.900. The first-order valence-corrected chi connectivity index (χ1v) is 7.26. The topological polar surface area (TPSA) is 0 Å². The number of hydrogen-bond donors (Lipinski definition) is 0. The average molecular weight is 253 g/mol. The van der Waals surface area contributed by atoms with Crippen molar-refractivity contribution in [2.45, 2.75) is 39.5 Å². The molecule has 0 radical (unpaired) electrons. The second kappa shape index (κ2) is 9.91. The predicted molar refractivity (Wildman–Crippen MR) is 64.4 cm³/mol. The highest BCUT2D eigenvalue weighted by Gasteiger charge is 2.04. The maximum absolute atomic E-state index is 3.57. The van der Waals surface area contributed by atoms with Crippen molar-refractivity contribution >= 4 is 27.7 Å². The lowest BCUT2D eigenvalue weighted by Crippen LogP contribution is -2.05. The zero-order valence-corrected chi connectivity index (χ0v) is 10.7. The summed E-state index contributed by atoms with van der Waals surface area (Å²) in [5, 5.41) is 1.18. The van der Waals surface area contributed by atoms with Crippen LogP contribution in [0.5, 0.6) is 0 Å². The molecule has 0 amide bonds. The standard InChI is InChI=1S/C10H21BrS/c1-3-5-7-12-9-10(8-11)6-4-2/h10H,3-9H2,1-2H3. The molecule has 0 fully saturated rings. The molecule has 0 N–H and O–H groups in total. The quantitative estimate of drug-likeness (QED) is 0.458. The van der Waals surface area contributed by atoms with Crippen LogP contribution >= 0.6 is 27.7 Å². The van der Waals surface area contributed by atoms with Crippen LogP contribution in [0.15, 0.2) is 0 Å². The molecule has 74 valence electrons. The number of unbranched alkanes of at least 4 members (excludes halogenated alkanes) is 1. The molecule has 0 rings (SSSR count). The van der Waals surface area contributed by atoms with Crippen LogP contribution in [0.4, 0.5) is 0 Å². The van der Waals surface area contributed by atoms with Crippen molar-refractivity contribution in [2.75, 3.05) is 16.8 Å². The van der Waals surface area contributed by atoms with Gasteiger partial charge in [-0.15, -0.1) is 0 Å². The fraction of sp³-hybridized carbons (Fsp3) is 1.00. The van der Waals surface area contributed by atoms with Crippen molar-refractivity contribution < 1.29 is 0 Å². The fourth-order valence-corrected chi connectivity index (χ4v) is 3.24. The van der Waals surface area contributed by atoms with Gasteiger partial charge in [0.1, 0.15) is 0 Å². The van der Waals surface area contributed by atoms with Crippen molar-refractivity contribution in [3.8, 4) is 0 Å². The Kier molecular flexibility index (Phi) is 10.6. The van der Waals surface area contributed by atoms with Gasteiger partial charge >= 0.3 is 0 Å². The normalized spacial score (nSPS) is 13.2. The second-order valence-corrected chi connectivity index (χ2v) is 5.03. The zero-order valence-electron chi connectivity index (χ0n) is 8.31. The van der Waals surface area contributed by atoms with Gasteiger partial charge in [-0.3, -0.25) is 0 Å². The van der Waals surface area contributed by atoms with E-state index in [1.807, 2.05) is 0 Å². The first-order valence-electron chi connectivity index (χ1n) is 4.98. The molecule has 1 atom stereocenters. The van der Waals surface area contributed by atoms with E-state index in [2.05, 4.69) is 41.5 Å². The molecule has 0 aromatic rings. The Bertz CT molecular complexity index is 85.9. The average Bonchev–Trinajstić information content (AvgIpc) is 2.10. The van der Waals surface area contributed by atoms with E-state index in [0.717, 1.165) is 5.92 Å². The lowest BCUT2D eigenvalue weighted by molar-refractivity contribution is 0.597. The van der Waals surface area contributed by atoms with E-state index in [1.165, 1.54) is 42.5 Å². The molecule has 0 aliphatic heterocycles. The van der Waals surface area contributed by atoms with Gasteiger partial charge in [0.05, 0.1) is 0 Å². The molecule has 0 aliphatic rings. The third kappa shape index (κ3) is 7.48. The molecule has 12 heavy (non-hydrogen) atoms. The summed E-state index contributed by atoms with van der Waals surface area (Å²) >= 11 is 5.69. The minimum absolute atomic E-state index is 0.900. The number of alkyl halides is 1. The van der Waals surface area contributed by atoms with Crippen molar-refractivity contribution in [1.82, 2.24) is 0 Å². The molecule has 0 bridgehead atoms. The van der Waals surface area contributed by atoms with Crippen LogP contribution in [0, 0.1) is 5.92 Å². The van der Waals surface area contributed by atoms with E-state index in [-0.39, 0.29) is 0 Å². The monoisotopic (exact) mass is 252 g/mol. The first-order chi connectivity index (χ1) is 5.85. The van der Waals surface area contributed by atoms with Crippen LogP contribution in [0.1, 0.15) is 39.5 Å². The maximum atomic E-state index is 3.57. The van der Waals surface area contributed by atoms with Gasteiger partial charge in [-0.25, -0.2) is 0 Å². The summed E-state index contributed by atoms with van der Waals surface area (Å²) in [6.07, 6.45) is 5.42. The van der Waals surface area contributed by atoms with Crippen LogP contribution in [0.25, 0.3) is 0 Å². The third-order valence-electron chi connectivity index (χ3n) is 1.91. The zero-order chi connectivity index (χ0) is 9.23. The van der Waals surface area contributed by atoms with E-state index in [1.54, 1.807) is 0 Å². The molecule has 0 nitrogen and oxygen atoms in total. The molecular formula is C10H21BrS. The highest BCUT2D eigenvalue weighted by Crippen LogP contribution is 2.17. The predicted octanol–water partition coefficient (Wildman–Crippen LogP) is 4.33. The number of rotatable bonds is 8. The minimum Gasteiger partial charge on any atom is -0.162 e. The van der Waals surface area contributed by atoms with Crippen molar-refractivity contribution in [3.63, 3.8) is 0 Å². The van der Waals surface area contributed by atoms with Crippen LogP contribution in [-0.2, 0) is 0 Å². The summed E-state index contributed by atoms with van der Waals surface area (Å²) in [6.45, 7) is 4.53. The molecule has 0 heterocycles. The van der Waals surface area contributed by atoms with E-state index in [0.29, 0.717) is 0 Å². The van der Waals surface area contributed by atoms with Gasteiger partial charge in [-0.05, 0) is 30.3 Å². The summed E-state index contributed by atoms with van der Waals surface area (Å²) in [7, 11) is 0. The van der Waals surface area contributed by atoms with E-state index >= 15 is 0 Å². The molecule has 1 unspecified atom stereocenters. The van der Waals surface area contributed by atoms with Crippen LogP contribution in [0.3, 0.4) is 0 Å². The SMILES string of the molecule is CCCCSCC(CBr)CCC. The van der Waals surface area contributed by atoms with Gasteiger partial charge < -0.3 is 0 Å². The fourth-order valence-electron chi connectivity index (χ4n) is 1.11. The molecule has 0 aliphatic carbocycles. The van der Waals surface area contributed by atoms with Crippen molar-refractivity contribution in [2.24, 2.45) is 5.92 Å². The molecule has 2 heteroatoms. The van der Waals surface area contributed by atoms with Gasteiger partial charge in [0, 0.05) is 5.33 Å². The highest BCUT2D eigenvalue weighted by atomic mass is 79.9. The molecule has 0 saturated carbocycles. The maximum Gasteiger partial charge on any atom is 0.00675 e. The summed E-state index contributed by atoms with van der Waals surface area (Å²) in [6, 6.07) is 0. The second-order valence-electron chi connectivity index (χ2n) is 3.24. The molecule has 0 aromatic heterocycles. The molecule has 0 saturated heterocycles. The first kappa shape index (κ1) is 12.8.